The van der Waals surface area contributed by atoms with Crippen molar-refractivity contribution in [1.29, 1.82) is 0 Å². The number of unbranched alkanes of at least 4 members (excludes halogenated alkanes) is 1. The molecule has 4 N–H and O–H groups in total. The van der Waals surface area contributed by atoms with E-state index in [2.05, 4.69) is 0 Å². The molecule has 0 aliphatic rings. The average Bonchev–Trinajstić information content (AvgIpc) is 2.25. The first kappa shape index (κ1) is 17.3. The van der Waals surface area contributed by atoms with Gasteiger partial charge in [0.15, 0.2) is 12.2 Å². The number of aliphatic hydroxyl groups is 2. The Kier molecular flexibility index (Phi) is 11.2. The van der Waals surface area contributed by atoms with Crippen LogP contribution >= 0.6 is 0 Å². The summed E-state index contributed by atoms with van der Waals surface area (Å²) in [6, 6.07) is 0. The third-order valence-electron chi connectivity index (χ3n) is 1.79. The SMILES string of the molecule is CCC(O)C(=O)O.CCCCC(O)C(=O)O. The van der Waals surface area contributed by atoms with Crippen LogP contribution in [0.3, 0.4) is 0 Å². The van der Waals surface area contributed by atoms with Crippen LogP contribution in [0.1, 0.15) is 39.5 Å². The number of hydrogen-bond acceptors (Lipinski definition) is 4. The second kappa shape index (κ2) is 10.4. The lowest BCUT2D eigenvalue weighted by atomic mass is 10.2. The Bertz CT molecular complexity index is 203. The maximum absolute atomic E-state index is 9.96. The highest BCUT2D eigenvalue weighted by molar-refractivity contribution is 5.72. The van der Waals surface area contributed by atoms with Gasteiger partial charge in [-0.2, -0.15) is 0 Å². The second-order valence-electron chi connectivity index (χ2n) is 3.26. The minimum atomic E-state index is -1.18. The number of rotatable bonds is 6. The maximum Gasteiger partial charge on any atom is 0.332 e. The molecule has 0 fully saturated rings. The van der Waals surface area contributed by atoms with Gasteiger partial charge in [0.1, 0.15) is 0 Å². The lowest BCUT2D eigenvalue weighted by Gasteiger charge is -2.01. The lowest BCUT2D eigenvalue weighted by molar-refractivity contribution is -0.147. The van der Waals surface area contributed by atoms with E-state index in [4.69, 9.17) is 20.4 Å². The second-order valence-corrected chi connectivity index (χ2v) is 3.26. The Morgan fingerprint density at radius 1 is 1.00 bits per heavy atom. The van der Waals surface area contributed by atoms with Crippen LogP contribution in [0.5, 0.6) is 0 Å². The first-order valence-corrected chi connectivity index (χ1v) is 5.18. The van der Waals surface area contributed by atoms with Crippen molar-refractivity contribution in [3.05, 3.63) is 0 Å². The highest BCUT2D eigenvalue weighted by Crippen LogP contribution is 1.99. The van der Waals surface area contributed by atoms with Gasteiger partial charge in [0.05, 0.1) is 0 Å². The van der Waals surface area contributed by atoms with Crippen molar-refractivity contribution >= 4 is 11.9 Å². The van der Waals surface area contributed by atoms with Gasteiger partial charge in [-0.15, -0.1) is 0 Å². The smallest absolute Gasteiger partial charge is 0.332 e. The molecule has 0 aromatic rings. The predicted molar refractivity (Wildman–Crippen MR) is 57.1 cm³/mol. The number of aliphatic carboxylic acids is 2. The molecule has 0 heterocycles. The van der Waals surface area contributed by atoms with Gasteiger partial charge in [-0.1, -0.05) is 26.7 Å². The zero-order valence-corrected chi connectivity index (χ0v) is 9.59. The molecule has 6 heteroatoms. The molecule has 0 saturated carbocycles. The van der Waals surface area contributed by atoms with Crippen LogP contribution in [0.25, 0.3) is 0 Å². The minimum absolute atomic E-state index is 0.273. The fraction of sp³-hybridized carbons (Fsp3) is 0.800. The van der Waals surface area contributed by atoms with Gasteiger partial charge < -0.3 is 20.4 Å². The number of hydrogen-bond donors (Lipinski definition) is 4. The summed E-state index contributed by atoms with van der Waals surface area (Å²) in [4.78, 5) is 19.6. The molecule has 0 aromatic heterocycles. The van der Waals surface area contributed by atoms with E-state index in [1.54, 1.807) is 6.92 Å². The van der Waals surface area contributed by atoms with E-state index in [9.17, 15) is 9.59 Å². The summed E-state index contributed by atoms with van der Waals surface area (Å²) in [7, 11) is 0. The van der Waals surface area contributed by atoms with Crippen LogP contribution in [-0.4, -0.2) is 44.6 Å². The van der Waals surface area contributed by atoms with Gasteiger partial charge in [0, 0.05) is 0 Å². The molecule has 16 heavy (non-hydrogen) atoms. The zero-order chi connectivity index (χ0) is 13.1. The van der Waals surface area contributed by atoms with Crippen molar-refractivity contribution < 1.29 is 30.0 Å². The fourth-order valence-corrected chi connectivity index (χ4v) is 0.696. The Hall–Kier alpha value is -1.14. The van der Waals surface area contributed by atoms with Crippen LogP contribution < -0.4 is 0 Å². The Balaban J connectivity index is 0. The third-order valence-corrected chi connectivity index (χ3v) is 1.79. The fourth-order valence-electron chi connectivity index (χ4n) is 0.696. The first-order valence-electron chi connectivity index (χ1n) is 5.18. The Morgan fingerprint density at radius 3 is 1.62 bits per heavy atom. The molecule has 96 valence electrons. The van der Waals surface area contributed by atoms with Crippen molar-refractivity contribution in [1.82, 2.24) is 0 Å². The van der Waals surface area contributed by atoms with E-state index in [1.165, 1.54) is 0 Å². The highest BCUT2D eigenvalue weighted by Gasteiger charge is 2.10. The number of carbonyl (C=O) groups is 2. The predicted octanol–water partition coefficient (Wildman–Crippen LogP) is 0.464. The molecule has 0 rings (SSSR count). The maximum atomic E-state index is 9.96. The zero-order valence-electron chi connectivity index (χ0n) is 9.59. The van der Waals surface area contributed by atoms with E-state index >= 15 is 0 Å². The van der Waals surface area contributed by atoms with Crippen molar-refractivity contribution in [2.45, 2.75) is 51.7 Å². The summed E-state index contributed by atoms with van der Waals surface area (Å²) in [5.74, 6) is -2.27. The molecule has 0 aliphatic heterocycles. The van der Waals surface area contributed by atoms with Crippen LogP contribution in [0, 0.1) is 0 Å². The molecule has 0 aliphatic carbocycles. The van der Waals surface area contributed by atoms with Gasteiger partial charge in [0.25, 0.3) is 0 Å². The Labute approximate surface area is 94.5 Å². The molecule has 6 nitrogen and oxygen atoms in total. The molecule has 0 bridgehead atoms. The van der Waals surface area contributed by atoms with E-state index in [1.807, 2.05) is 6.92 Å². The van der Waals surface area contributed by atoms with Gasteiger partial charge >= 0.3 is 11.9 Å². The van der Waals surface area contributed by atoms with Crippen LogP contribution in [0.2, 0.25) is 0 Å². The average molecular weight is 236 g/mol. The summed E-state index contributed by atoms with van der Waals surface area (Å²) in [5.41, 5.74) is 0. The van der Waals surface area contributed by atoms with Crippen molar-refractivity contribution in [3.8, 4) is 0 Å². The molecule has 0 spiro atoms. The van der Waals surface area contributed by atoms with Gasteiger partial charge in [-0.05, 0) is 12.8 Å². The van der Waals surface area contributed by atoms with Gasteiger partial charge in [0.2, 0.25) is 0 Å². The number of carboxylic acid groups (broad SMARTS) is 2. The molecule has 0 radical (unpaired) electrons. The van der Waals surface area contributed by atoms with E-state index in [-0.39, 0.29) is 6.42 Å². The molecular weight excluding hydrogens is 216 g/mol. The highest BCUT2D eigenvalue weighted by atomic mass is 16.4. The number of carboxylic acids is 2. The quantitative estimate of drug-likeness (QED) is 0.532. The van der Waals surface area contributed by atoms with Crippen molar-refractivity contribution in [3.63, 3.8) is 0 Å². The lowest BCUT2D eigenvalue weighted by Crippen LogP contribution is -2.18. The topological polar surface area (TPSA) is 115 Å². The molecule has 0 saturated heterocycles. The summed E-state index contributed by atoms with van der Waals surface area (Å²) in [5, 5.41) is 33.1. The van der Waals surface area contributed by atoms with Crippen molar-refractivity contribution in [2.75, 3.05) is 0 Å². The summed E-state index contributed by atoms with van der Waals surface area (Å²) >= 11 is 0. The number of aliphatic hydroxyl groups excluding tert-OH is 2. The van der Waals surface area contributed by atoms with Crippen molar-refractivity contribution in [2.24, 2.45) is 0 Å². The van der Waals surface area contributed by atoms with Crippen LogP contribution in [0.4, 0.5) is 0 Å². The van der Waals surface area contributed by atoms with Gasteiger partial charge in [-0.25, -0.2) is 9.59 Å². The standard InChI is InChI=1S/C6H12O3.C4H8O3/c1-2-3-4-5(7)6(8)9;1-2-3(5)4(6)7/h5,7H,2-4H2,1H3,(H,8,9);3,5H,2H2,1H3,(H,6,7). The largest absolute Gasteiger partial charge is 0.479 e. The Morgan fingerprint density at radius 2 is 1.44 bits per heavy atom. The van der Waals surface area contributed by atoms with E-state index < -0.39 is 24.1 Å². The first-order chi connectivity index (χ1) is 7.36. The molecular formula is C10H20O6. The minimum Gasteiger partial charge on any atom is -0.479 e. The molecule has 2 atom stereocenters. The van der Waals surface area contributed by atoms with Gasteiger partial charge in [-0.3, -0.25) is 0 Å². The molecule has 0 amide bonds. The molecule has 2 unspecified atom stereocenters. The normalized spacial score (nSPS) is 13.2. The summed E-state index contributed by atoms with van der Waals surface area (Å²) in [6.07, 6.45) is -0.0103. The molecule has 0 aromatic carbocycles. The summed E-state index contributed by atoms with van der Waals surface area (Å²) in [6.45, 7) is 3.56. The summed E-state index contributed by atoms with van der Waals surface area (Å²) < 4.78 is 0. The monoisotopic (exact) mass is 236 g/mol. The van der Waals surface area contributed by atoms with E-state index in [0.717, 1.165) is 12.8 Å². The van der Waals surface area contributed by atoms with E-state index in [0.29, 0.717) is 6.42 Å². The third kappa shape index (κ3) is 10.9. The van der Waals surface area contributed by atoms with Crippen LogP contribution in [0.15, 0.2) is 0 Å². The van der Waals surface area contributed by atoms with Crippen LogP contribution in [-0.2, 0) is 9.59 Å².